The molecule has 7 heteroatoms. The second kappa shape index (κ2) is 6.97. The van der Waals surface area contributed by atoms with E-state index in [0.29, 0.717) is 41.4 Å². The Balaban J connectivity index is 1.76. The molecular weight excluding hydrogens is 332 g/mol. The minimum absolute atomic E-state index is 0.167. The number of carbonyl (C=O) groups is 1. The molecule has 7 nitrogen and oxygen atoms in total. The third-order valence-corrected chi connectivity index (χ3v) is 4.19. The van der Waals surface area contributed by atoms with E-state index in [1.165, 1.54) is 0 Å². The highest BCUT2D eigenvalue weighted by atomic mass is 16.5. The Kier molecular flexibility index (Phi) is 4.37. The lowest BCUT2D eigenvalue weighted by Crippen LogP contribution is -2.35. The van der Waals surface area contributed by atoms with Crippen LogP contribution in [-0.2, 0) is 19.8 Å². The number of hydrogen-bond acceptors (Lipinski definition) is 5. The van der Waals surface area contributed by atoms with Crippen molar-refractivity contribution in [3.8, 4) is 17.0 Å². The molecule has 0 fully saturated rings. The summed E-state index contributed by atoms with van der Waals surface area (Å²) in [6, 6.07) is 14.8. The molecule has 132 valence electrons. The molecule has 1 aliphatic rings. The smallest absolute Gasteiger partial charge is 0.270 e. The van der Waals surface area contributed by atoms with Gasteiger partial charge in [-0.1, -0.05) is 24.3 Å². The molecule has 0 saturated heterocycles. The Labute approximate surface area is 150 Å². The molecule has 0 spiro atoms. The van der Waals surface area contributed by atoms with Crippen molar-refractivity contribution in [2.45, 2.75) is 19.8 Å². The lowest BCUT2D eigenvalue weighted by molar-refractivity contribution is 0.0925. The van der Waals surface area contributed by atoms with Crippen LogP contribution in [-0.4, -0.2) is 32.3 Å². The number of nitrogens with one attached hydrogen (secondary N) is 1. The number of aliphatic hydroxyl groups is 1. The minimum Gasteiger partial charge on any atom is -0.487 e. The number of rotatable bonds is 5. The number of aromatic nitrogens is 3. The first kappa shape index (κ1) is 16.3. The number of ether oxygens (including phenoxy) is 1. The zero-order valence-electron chi connectivity index (χ0n) is 14.1. The fraction of sp³-hybridized carbons (Fsp3) is 0.211. The summed E-state index contributed by atoms with van der Waals surface area (Å²) in [5, 5.41) is 16.8. The Morgan fingerprint density at radius 1 is 1.15 bits per heavy atom. The highest BCUT2D eigenvalue weighted by Crippen LogP contribution is 2.29. The average Bonchev–Trinajstić information content (AvgIpc) is 3.07. The van der Waals surface area contributed by atoms with Crippen LogP contribution in [0.4, 0.5) is 0 Å². The van der Waals surface area contributed by atoms with Crippen LogP contribution in [0.15, 0.2) is 48.5 Å². The van der Waals surface area contributed by atoms with Gasteiger partial charge in [0, 0.05) is 6.54 Å². The molecule has 0 aliphatic carbocycles. The topological polar surface area (TPSA) is 89.3 Å². The molecule has 3 heterocycles. The first-order valence-corrected chi connectivity index (χ1v) is 8.39. The van der Waals surface area contributed by atoms with Crippen LogP contribution in [0.5, 0.6) is 5.75 Å². The summed E-state index contributed by atoms with van der Waals surface area (Å²) in [5.74, 6) is 0.548. The van der Waals surface area contributed by atoms with Gasteiger partial charge in [-0.3, -0.25) is 14.5 Å². The Morgan fingerprint density at radius 2 is 2.00 bits per heavy atom. The lowest BCUT2D eigenvalue weighted by atomic mass is 10.1. The van der Waals surface area contributed by atoms with Gasteiger partial charge in [-0.25, -0.2) is 0 Å². The van der Waals surface area contributed by atoms with Crippen molar-refractivity contribution in [1.82, 2.24) is 20.1 Å². The molecular formula is C19H18N4O3. The van der Waals surface area contributed by atoms with Gasteiger partial charge >= 0.3 is 0 Å². The number of fused-ring (bicyclic) bond motifs is 1. The third-order valence-electron chi connectivity index (χ3n) is 4.19. The fourth-order valence-corrected chi connectivity index (χ4v) is 3.01. The zero-order valence-corrected chi connectivity index (χ0v) is 14.1. The van der Waals surface area contributed by atoms with Crippen molar-refractivity contribution in [2.75, 3.05) is 6.54 Å². The van der Waals surface area contributed by atoms with Crippen LogP contribution in [0.3, 0.4) is 0 Å². The highest BCUT2D eigenvalue weighted by molar-refractivity contribution is 6.00. The zero-order chi connectivity index (χ0) is 17.9. The molecule has 0 saturated carbocycles. The van der Waals surface area contributed by atoms with E-state index in [-0.39, 0.29) is 19.1 Å². The Hall–Kier alpha value is -3.19. The van der Waals surface area contributed by atoms with Gasteiger partial charge in [0.1, 0.15) is 23.7 Å². The number of pyridine rings is 1. The summed E-state index contributed by atoms with van der Waals surface area (Å²) in [6.07, 6.45) is 0. The van der Waals surface area contributed by atoms with Crippen LogP contribution in [0.25, 0.3) is 11.3 Å². The number of nitrogens with zero attached hydrogens (tertiary/aromatic N) is 3. The third kappa shape index (κ3) is 3.04. The van der Waals surface area contributed by atoms with Gasteiger partial charge in [-0.2, -0.15) is 5.10 Å². The summed E-state index contributed by atoms with van der Waals surface area (Å²) in [5.41, 5.74) is 2.90. The molecule has 26 heavy (non-hydrogen) atoms. The summed E-state index contributed by atoms with van der Waals surface area (Å²) in [4.78, 5) is 16.9. The summed E-state index contributed by atoms with van der Waals surface area (Å²) < 4.78 is 7.54. The maximum absolute atomic E-state index is 12.4. The quantitative estimate of drug-likeness (QED) is 0.732. The second-order valence-electron chi connectivity index (χ2n) is 5.92. The SMILES string of the molecule is O=C1NCCn2nc(COc3ccccc3)c(-c3cccc(CO)n3)c21. The van der Waals surface area contributed by atoms with Gasteiger partial charge in [0.2, 0.25) is 0 Å². The van der Waals surface area contributed by atoms with E-state index in [2.05, 4.69) is 15.4 Å². The molecule has 0 unspecified atom stereocenters. The van der Waals surface area contributed by atoms with Gasteiger partial charge < -0.3 is 15.2 Å². The molecule has 0 radical (unpaired) electrons. The molecule has 4 rings (SSSR count). The van der Waals surface area contributed by atoms with Gasteiger partial charge in [0.05, 0.1) is 30.1 Å². The second-order valence-corrected chi connectivity index (χ2v) is 5.92. The van der Waals surface area contributed by atoms with Gasteiger partial charge in [-0.15, -0.1) is 0 Å². The number of aliphatic hydroxyl groups excluding tert-OH is 1. The van der Waals surface area contributed by atoms with E-state index in [1.807, 2.05) is 36.4 Å². The highest BCUT2D eigenvalue weighted by Gasteiger charge is 2.28. The first-order valence-electron chi connectivity index (χ1n) is 8.39. The van der Waals surface area contributed by atoms with Crippen LogP contribution in [0.2, 0.25) is 0 Å². The van der Waals surface area contributed by atoms with Crippen LogP contribution >= 0.6 is 0 Å². The fourth-order valence-electron chi connectivity index (χ4n) is 3.01. The molecule has 2 N–H and O–H groups in total. The molecule has 1 aliphatic heterocycles. The predicted molar refractivity (Wildman–Crippen MR) is 94.5 cm³/mol. The summed E-state index contributed by atoms with van der Waals surface area (Å²) in [7, 11) is 0. The molecule has 1 amide bonds. The molecule has 0 bridgehead atoms. The van der Waals surface area contributed by atoms with Gasteiger partial charge in [0.15, 0.2) is 0 Å². The van der Waals surface area contributed by atoms with Crippen LogP contribution < -0.4 is 10.1 Å². The number of benzene rings is 1. The maximum Gasteiger partial charge on any atom is 0.270 e. The van der Waals surface area contributed by atoms with Crippen LogP contribution in [0.1, 0.15) is 21.9 Å². The average molecular weight is 350 g/mol. The van der Waals surface area contributed by atoms with Gasteiger partial charge in [0.25, 0.3) is 5.91 Å². The molecule has 3 aromatic rings. The van der Waals surface area contributed by atoms with Crippen LogP contribution in [0, 0.1) is 0 Å². The standard InChI is InChI=1S/C19H18N4O3/c24-11-13-5-4-8-15(21-13)17-16(12-26-14-6-2-1-3-7-14)22-23-10-9-20-19(25)18(17)23/h1-8,24H,9-12H2,(H,20,25). The van der Waals surface area contributed by atoms with E-state index < -0.39 is 0 Å². The number of amides is 1. The van der Waals surface area contributed by atoms with Crippen molar-refractivity contribution in [3.63, 3.8) is 0 Å². The van der Waals surface area contributed by atoms with Crippen molar-refractivity contribution < 1.29 is 14.6 Å². The normalized spacial score (nSPS) is 13.2. The van der Waals surface area contributed by atoms with Gasteiger partial charge in [-0.05, 0) is 24.3 Å². The van der Waals surface area contributed by atoms with Crippen molar-refractivity contribution in [3.05, 3.63) is 65.6 Å². The van der Waals surface area contributed by atoms with Crippen molar-refractivity contribution in [1.29, 1.82) is 0 Å². The number of carbonyl (C=O) groups excluding carboxylic acids is 1. The first-order chi connectivity index (χ1) is 12.8. The minimum atomic E-state index is -0.180. The van der Waals surface area contributed by atoms with E-state index in [0.717, 1.165) is 5.75 Å². The molecule has 0 atom stereocenters. The lowest BCUT2D eigenvalue weighted by Gasteiger charge is -2.15. The van der Waals surface area contributed by atoms with E-state index in [4.69, 9.17) is 4.74 Å². The monoisotopic (exact) mass is 350 g/mol. The van der Waals surface area contributed by atoms with Crippen molar-refractivity contribution in [2.24, 2.45) is 0 Å². The molecule has 1 aromatic carbocycles. The summed E-state index contributed by atoms with van der Waals surface area (Å²) in [6.45, 7) is 1.19. The number of hydrogen-bond donors (Lipinski definition) is 2. The predicted octanol–water partition coefficient (Wildman–Crippen LogP) is 1.76. The van der Waals surface area contributed by atoms with E-state index in [9.17, 15) is 9.90 Å². The maximum atomic E-state index is 12.4. The number of para-hydroxylation sites is 1. The Morgan fingerprint density at radius 3 is 2.81 bits per heavy atom. The largest absolute Gasteiger partial charge is 0.487 e. The van der Waals surface area contributed by atoms with E-state index in [1.54, 1.807) is 16.8 Å². The van der Waals surface area contributed by atoms with Crippen molar-refractivity contribution >= 4 is 5.91 Å². The van der Waals surface area contributed by atoms with E-state index >= 15 is 0 Å². The molecule has 2 aromatic heterocycles. The summed E-state index contributed by atoms with van der Waals surface area (Å²) >= 11 is 0. The Bertz CT molecular complexity index is 937.